The van der Waals surface area contributed by atoms with Gasteiger partial charge in [0, 0.05) is 17.5 Å². The first-order valence-corrected chi connectivity index (χ1v) is 7.60. The summed E-state index contributed by atoms with van der Waals surface area (Å²) in [4.78, 5) is 1.40. The zero-order valence-electron chi connectivity index (χ0n) is 11.5. The maximum Gasteiger partial charge on any atom is 0.119 e. The lowest BCUT2D eigenvalue weighted by molar-refractivity contribution is 0.294. The summed E-state index contributed by atoms with van der Waals surface area (Å²) in [7, 11) is 0. The molecule has 0 saturated heterocycles. The third-order valence-electron chi connectivity index (χ3n) is 2.99. The molecule has 19 heavy (non-hydrogen) atoms. The third-order valence-corrected chi connectivity index (χ3v) is 3.95. The first-order valence-electron chi connectivity index (χ1n) is 6.72. The molecule has 0 aliphatic rings. The number of ether oxygens (including phenoxy) is 1. The van der Waals surface area contributed by atoms with Crippen molar-refractivity contribution in [1.29, 1.82) is 0 Å². The highest BCUT2D eigenvalue weighted by molar-refractivity contribution is 7.10. The molecule has 1 aromatic heterocycles. The van der Waals surface area contributed by atoms with Crippen LogP contribution in [-0.4, -0.2) is 13.2 Å². The Morgan fingerprint density at radius 1 is 1.11 bits per heavy atom. The van der Waals surface area contributed by atoms with Gasteiger partial charge in [-0.1, -0.05) is 38.1 Å². The second kappa shape index (κ2) is 7.31. The fourth-order valence-corrected chi connectivity index (χ4v) is 3.01. The molecule has 0 aliphatic carbocycles. The number of thiophene rings is 1. The summed E-state index contributed by atoms with van der Waals surface area (Å²) in [5.74, 6) is 1.51. The van der Waals surface area contributed by atoms with Gasteiger partial charge in [-0.15, -0.1) is 11.3 Å². The van der Waals surface area contributed by atoms with Crippen molar-refractivity contribution in [2.75, 3.05) is 13.2 Å². The van der Waals surface area contributed by atoms with E-state index in [1.807, 2.05) is 41.7 Å². The Hall–Kier alpha value is -1.32. The molecular weight excluding hydrogens is 254 g/mol. The number of benzene rings is 1. The van der Waals surface area contributed by atoms with E-state index >= 15 is 0 Å². The summed E-state index contributed by atoms with van der Waals surface area (Å²) in [6.45, 7) is 6.04. The highest BCUT2D eigenvalue weighted by Gasteiger charge is 2.15. The van der Waals surface area contributed by atoms with Gasteiger partial charge in [0.1, 0.15) is 12.4 Å². The lowest BCUT2D eigenvalue weighted by Gasteiger charge is -2.21. The molecule has 0 fully saturated rings. The van der Waals surface area contributed by atoms with Crippen molar-refractivity contribution in [1.82, 2.24) is 5.32 Å². The van der Waals surface area contributed by atoms with Gasteiger partial charge in [-0.05, 0) is 29.5 Å². The lowest BCUT2D eigenvalue weighted by Crippen LogP contribution is -2.29. The van der Waals surface area contributed by atoms with Gasteiger partial charge in [-0.25, -0.2) is 0 Å². The van der Waals surface area contributed by atoms with E-state index in [1.54, 1.807) is 0 Å². The minimum absolute atomic E-state index is 0.416. The Labute approximate surface area is 119 Å². The molecule has 0 radical (unpaired) electrons. The molecule has 2 rings (SSSR count). The average molecular weight is 275 g/mol. The third kappa shape index (κ3) is 4.37. The van der Waals surface area contributed by atoms with Crippen LogP contribution in [0.15, 0.2) is 47.8 Å². The standard InChI is InChI=1S/C16H21NOS/c1-13(2)16(15-9-6-12-19-15)17-10-11-18-14-7-4-3-5-8-14/h3-9,12-13,16-17H,10-11H2,1-2H3. The first kappa shape index (κ1) is 14.1. The van der Waals surface area contributed by atoms with Crippen molar-refractivity contribution >= 4 is 11.3 Å². The van der Waals surface area contributed by atoms with Crippen molar-refractivity contribution in [3.8, 4) is 5.75 Å². The SMILES string of the molecule is CC(C)C(NCCOc1ccccc1)c1cccs1. The van der Waals surface area contributed by atoms with Crippen molar-refractivity contribution in [3.05, 3.63) is 52.7 Å². The van der Waals surface area contributed by atoms with Crippen LogP contribution in [0.4, 0.5) is 0 Å². The smallest absolute Gasteiger partial charge is 0.119 e. The summed E-state index contributed by atoms with van der Waals surface area (Å²) in [5, 5.41) is 5.71. The van der Waals surface area contributed by atoms with Gasteiger partial charge in [0.05, 0.1) is 0 Å². The maximum atomic E-state index is 5.69. The summed E-state index contributed by atoms with van der Waals surface area (Å²) >= 11 is 1.81. The van der Waals surface area contributed by atoms with E-state index in [9.17, 15) is 0 Å². The Morgan fingerprint density at radius 2 is 1.89 bits per heavy atom. The molecule has 0 aliphatic heterocycles. The highest BCUT2D eigenvalue weighted by Crippen LogP contribution is 2.25. The second-order valence-corrected chi connectivity index (χ2v) is 5.83. The van der Waals surface area contributed by atoms with Gasteiger partial charge in [0.15, 0.2) is 0 Å². The van der Waals surface area contributed by atoms with Crippen LogP contribution >= 0.6 is 11.3 Å². The van der Waals surface area contributed by atoms with E-state index in [0.29, 0.717) is 18.6 Å². The van der Waals surface area contributed by atoms with Crippen LogP contribution in [0.2, 0.25) is 0 Å². The van der Waals surface area contributed by atoms with E-state index in [-0.39, 0.29) is 0 Å². The van der Waals surface area contributed by atoms with Crippen molar-refractivity contribution in [2.45, 2.75) is 19.9 Å². The number of para-hydroxylation sites is 1. The number of hydrogen-bond acceptors (Lipinski definition) is 3. The predicted octanol–water partition coefficient (Wildman–Crippen LogP) is 4.11. The monoisotopic (exact) mass is 275 g/mol. The van der Waals surface area contributed by atoms with Crippen LogP contribution in [0, 0.1) is 5.92 Å². The maximum absolute atomic E-state index is 5.69. The molecule has 3 heteroatoms. The number of nitrogens with one attached hydrogen (secondary N) is 1. The first-order chi connectivity index (χ1) is 9.27. The molecule has 1 heterocycles. The van der Waals surface area contributed by atoms with Crippen LogP contribution in [0.5, 0.6) is 5.75 Å². The van der Waals surface area contributed by atoms with Crippen LogP contribution in [0.1, 0.15) is 24.8 Å². The lowest BCUT2D eigenvalue weighted by atomic mass is 10.0. The van der Waals surface area contributed by atoms with Crippen LogP contribution in [0.3, 0.4) is 0 Å². The van der Waals surface area contributed by atoms with Crippen LogP contribution in [-0.2, 0) is 0 Å². The van der Waals surface area contributed by atoms with E-state index in [4.69, 9.17) is 4.74 Å². The molecule has 0 saturated carbocycles. The molecular formula is C16H21NOS. The van der Waals surface area contributed by atoms with E-state index < -0.39 is 0 Å². The van der Waals surface area contributed by atoms with Crippen molar-refractivity contribution in [3.63, 3.8) is 0 Å². The normalized spacial score (nSPS) is 12.6. The highest BCUT2D eigenvalue weighted by atomic mass is 32.1. The summed E-state index contributed by atoms with van der Waals surface area (Å²) in [6.07, 6.45) is 0. The Balaban J connectivity index is 1.77. The zero-order valence-corrected chi connectivity index (χ0v) is 12.3. The minimum Gasteiger partial charge on any atom is -0.492 e. The quantitative estimate of drug-likeness (QED) is 0.768. The Morgan fingerprint density at radius 3 is 2.53 bits per heavy atom. The fourth-order valence-electron chi connectivity index (χ4n) is 2.03. The average Bonchev–Trinajstić information content (AvgIpc) is 2.93. The molecule has 1 aromatic carbocycles. The number of hydrogen-bond donors (Lipinski definition) is 1. The summed E-state index contributed by atoms with van der Waals surface area (Å²) in [6, 6.07) is 14.7. The molecule has 1 N–H and O–H groups in total. The molecule has 2 nitrogen and oxygen atoms in total. The van der Waals surface area contributed by atoms with Crippen LogP contribution < -0.4 is 10.1 Å². The molecule has 0 bridgehead atoms. The van der Waals surface area contributed by atoms with Gasteiger partial charge < -0.3 is 10.1 Å². The van der Waals surface area contributed by atoms with Crippen molar-refractivity contribution in [2.24, 2.45) is 5.92 Å². The Kier molecular flexibility index (Phi) is 5.43. The van der Waals surface area contributed by atoms with E-state index in [0.717, 1.165) is 12.3 Å². The molecule has 102 valence electrons. The topological polar surface area (TPSA) is 21.3 Å². The molecule has 0 amide bonds. The molecule has 1 atom stereocenters. The largest absolute Gasteiger partial charge is 0.492 e. The number of rotatable bonds is 7. The minimum atomic E-state index is 0.416. The summed E-state index contributed by atoms with van der Waals surface area (Å²) < 4.78 is 5.69. The zero-order chi connectivity index (χ0) is 13.5. The second-order valence-electron chi connectivity index (χ2n) is 4.85. The van der Waals surface area contributed by atoms with Gasteiger partial charge in [0.2, 0.25) is 0 Å². The molecule has 0 spiro atoms. The van der Waals surface area contributed by atoms with Crippen molar-refractivity contribution < 1.29 is 4.74 Å². The molecule has 2 aromatic rings. The van der Waals surface area contributed by atoms with Gasteiger partial charge in [-0.2, -0.15) is 0 Å². The Bertz CT molecular complexity index is 453. The summed E-state index contributed by atoms with van der Waals surface area (Å²) in [5.41, 5.74) is 0. The van der Waals surface area contributed by atoms with Gasteiger partial charge in [0.25, 0.3) is 0 Å². The van der Waals surface area contributed by atoms with Gasteiger partial charge in [-0.3, -0.25) is 0 Å². The molecule has 1 unspecified atom stereocenters. The van der Waals surface area contributed by atoms with Crippen LogP contribution in [0.25, 0.3) is 0 Å². The fraction of sp³-hybridized carbons (Fsp3) is 0.375. The van der Waals surface area contributed by atoms with E-state index in [2.05, 4.69) is 36.7 Å². The predicted molar refractivity (Wildman–Crippen MR) is 81.8 cm³/mol. The van der Waals surface area contributed by atoms with E-state index in [1.165, 1.54) is 4.88 Å². The van der Waals surface area contributed by atoms with Gasteiger partial charge >= 0.3 is 0 Å².